The molecule has 6 atom stereocenters. The van der Waals surface area contributed by atoms with Gasteiger partial charge in [0, 0.05) is 5.92 Å². The predicted octanol–water partition coefficient (Wildman–Crippen LogP) is -0.825. The summed E-state index contributed by atoms with van der Waals surface area (Å²) in [5.74, 6) is -10.2. The summed E-state index contributed by atoms with van der Waals surface area (Å²) in [6.45, 7) is 1.79. The largest absolute Gasteiger partial charge is 0.507 e. The van der Waals surface area contributed by atoms with Crippen molar-refractivity contribution in [1.29, 1.82) is 0 Å². The smallest absolute Gasteiger partial charge is 0.235 e. The van der Waals surface area contributed by atoms with Crippen molar-refractivity contribution in [2.45, 2.75) is 31.4 Å². The first-order chi connectivity index (χ1) is 14.4. The number of rotatable bonds is 2. The number of carbonyl (C=O) groups excluding carboxylic acids is 5. The Balaban J connectivity index is 1.88. The number of hydrogen-bond acceptors (Lipinski definition) is 8. The minimum absolute atomic E-state index is 0.0200. The van der Waals surface area contributed by atoms with Crippen molar-refractivity contribution < 1.29 is 34.2 Å². The van der Waals surface area contributed by atoms with E-state index in [0.29, 0.717) is 5.56 Å². The summed E-state index contributed by atoms with van der Waals surface area (Å²) in [5, 5.41) is 21.7. The Morgan fingerprint density at radius 2 is 1.81 bits per heavy atom. The van der Waals surface area contributed by atoms with Crippen molar-refractivity contribution in [3.63, 3.8) is 0 Å². The molecular weight excluding hydrogens is 404 g/mol. The van der Waals surface area contributed by atoms with E-state index in [4.69, 9.17) is 5.73 Å². The van der Waals surface area contributed by atoms with Crippen LogP contribution in [0.1, 0.15) is 27.9 Å². The van der Waals surface area contributed by atoms with Crippen LogP contribution in [-0.2, 0) is 25.6 Å². The van der Waals surface area contributed by atoms with Crippen molar-refractivity contribution in [2.75, 3.05) is 14.1 Å². The number of benzene rings is 1. The second kappa shape index (κ2) is 6.80. The highest BCUT2D eigenvalue weighted by atomic mass is 16.3. The Hall–Kier alpha value is -2.91. The third-order valence-corrected chi connectivity index (χ3v) is 7.18. The summed E-state index contributed by atoms with van der Waals surface area (Å²) >= 11 is 0. The van der Waals surface area contributed by atoms with Gasteiger partial charge in [-0.3, -0.25) is 28.9 Å². The second-order valence-electron chi connectivity index (χ2n) is 9.04. The van der Waals surface area contributed by atoms with Crippen LogP contribution in [0.2, 0.25) is 0 Å². The molecule has 0 spiro atoms. The van der Waals surface area contributed by atoms with Gasteiger partial charge in [0.2, 0.25) is 5.91 Å². The molecule has 0 saturated heterocycles. The quantitative estimate of drug-likeness (QED) is 0.516. The maximum atomic E-state index is 13.5. The molecular formula is C22H24N2O7. The van der Waals surface area contributed by atoms with Gasteiger partial charge in [0.05, 0.1) is 17.5 Å². The SMILES string of the molecule is Cc1ccc(O)c2c1C[C@H]1C[C@H]3[C@H](N(C)C)C(=O)C(C(N)=O)C(=O)[C@@]3(O)C(=O)C1C2=O. The number of likely N-dealkylation sites (N-methyl/N-ethyl adjacent to an activating group) is 1. The fourth-order valence-corrected chi connectivity index (χ4v) is 5.76. The topological polar surface area (TPSA) is 155 Å². The molecule has 4 rings (SSSR count). The Labute approximate surface area is 178 Å². The zero-order valence-electron chi connectivity index (χ0n) is 17.4. The zero-order chi connectivity index (χ0) is 23.0. The summed E-state index contributed by atoms with van der Waals surface area (Å²) < 4.78 is 0. The normalized spacial score (nSPS) is 34.9. The van der Waals surface area contributed by atoms with Gasteiger partial charge in [0.1, 0.15) is 5.75 Å². The standard InChI is InChI=1S/C22H24N2O7/c1-8-4-5-12(25)14-10(8)6-9-7-11-16(24(2)3)18(27)15(21(23)30)20(29)22(11,31)19(28)13(9)17(14)26/h4-5,9,11,13,15-16,25,31H,6-7H2,1-3H3,(H2,23,30)/t9-,11-,13?,15?,16-,22-/m0/s1. The summed E-state index contributed by atoms with van der Waals surface area (Å²) in [4.78, 5) is 66.2. The van der Waals surface area contributed by atoms with Crippen LogP contribution < -0.4 is 5.73 Å². The van der Waals surface area contributed by atoms with Crippen molar-refractivity contribution in [1.82, 2.24) is 4.90 Å². The Bertz CT molecular complexity index is 1060. The van der Waals surface area contributed by atoms with Crippen LogP contribution in [0.15, 0.2) is 12.1 Å². The number of aromatic hydroxyl groups is 1. The van der Waals surface area contributed by atoms with E-state index in [1.807, 2.05) is 0 Å². The van der Waals surface area contributed by atoms with Gasteiger partial charge < -0.3 is 15.9 Å². The van der Waals surface area contributed by atoms with Gasteiger partial charge in [-0.25, -0.2) is 0 Å². The fraction of sp³-hybridized carbons (Fsp3) is 0.500. The summed E-state index contributed by atoms with van der Waals surface area (Å²) in [6, 6.07) is 1.95. The van der Waals surface area contributed by atoms with E-state index in [9.17, 15) is 34.2 Å². The van der Waals surface area contributed by atoms with Crippen LogP contribution in [-0.4, -0.2) is 69.9 Å². The van der Waals surface area contributed by atoms with Gasteiger partial charge in [-0.1, -0.05) is 6.07 Å². The second-order valence-corrected chi connectivity index (χ2v) is 9.04. The molecule has 2 saturated carbocycles. The van der Waals surface area contributed by atoms with E-state index in [2.05, 4.69) is 0 Å². The zero-order valence-corrected chi connectivity index (χ0v) is 17.4. The molecule has 2 fully saturated rings. The average molecular weight is 428 g/mol. The molecule has 2 unspecified atom stereocenters. The summed E-state index contributed by atoms with van der Waals surface area (Å²) in [6.07, 6.45) is 0.338. The molecule has 9 heteroatoms. The first-order valence-corrected chi connectivity index (χ1v) is 10.1. The van der Waals surface area contributed by atoms with E-state index in [1.54, 1.807) is 27.1 Å². The highest BCUT2D eigenvalue weighted by Gasteiger charge is 2.69. The number of nitrogens with zero attached hydrogens (tertiary/aromatic N) is 1. The maximum Gasteiger partial charge on any atom is 0.235 e. The molecule has 0 radical (unpaired) electrons. The predicted molar refractivity (Wildman–Crippen MR) is 106 cm³/mol. The number of Topliss-reactive ketones (excluding diaryl/α,β-unsaturated/α-hetero) is 4. The number of phenolic OH excluding ortho intramolecular Hbond substituents is 1. The number of amides is 1. The highest BCUT2D eigenvalue weighted by Crippen LogP contribution is 2.50. The first kappa shape index (κ1) is 21.3. The molecule has 1 aromatic rings. The minimum atomic E-state index is -2.68. The Morgan fingerprint density at radius 3 is 2.39 bits per heavy atom. The monoisotopic (exact) mass is 428 g/mol. The van der Waals surface area contributed by atoms with Gasteiger partial charge in [-0.2, -0.15) is 0 Å². The van der Waals surface area contributed by atoms with Crippen molar-refractivity contribution in [2.24, 2.45) is 29.4 Å². The molecule has 0 bridgehead atoms. The van der Waals surface area contributed by atoms with E-state index in [0.717, 1.165) is 5.56 Å². The van der Waals surface area contributed by atoms with Crippen LogP contribution in [0, 0.1) is 30.6 Å². The number of hydrogen-bond donors (Lipinski definition) is 3. The number of primary amides is 1. The van der Waals surface area contributed by atoms with Gasteiger partial charge in [-0.15, -0.1) is 0 Å². The average Bonchev–Trinajstić information content (AvgIpc) is 2.67. The molecule has 1 aromatic carbocycles. The van der Waals surface area contributed by atoms with Crippen LogP contribution in [0.5, 0.6) is 5.75 Å². The number of ketones is 4. The number of aliphatic hydroxyl groups is 1. The molecule has 4 N–H and O–H groups in total. The van der Waals surface area contributed by atoms with E-state index < -0.39 is 64.4 Å². The van der Waals surface area contributed by atoms with E-state index in [1.165, 1.54) is 11.0 Å². The molecule has 0 heterocycles. The number of aryl methyl sites for hydroxylation is 1. The van der Waals surface area contributed by atoms with Crippen molar-refractivity contribution in [3.8, 4) is 5.75 Å². The van der Waals surface area contributed by atoms with Crippen LogP contribution in [0.4, 0.5) is 0 Å². The molecule has 0 aliphatic heterocycles. The number of nitrogens with two attached hydrogens (primary N) is 1. The lowest BCUT2D eigenvalue weighted by Gasteiger charge is -2.52. The Kier molecular flexibility index (Phi) is 4.68. The molecule has 3 aliphatic carbocycles. The third-order valence-electron chi connectivity index (χ3n) is 7.18. The maximum absolute atomic E-state index is 13.5. The lowest BCUT2D eigenvalue weighted by Crippen LogP contribution is -2.74. The molecule has 9 nitrogen and oxygen atoms in total. The number of carbonyl (C=O) groups is 5. The van der Waals surface area contributed by atoms with Gasteiger partial charge in [0.15, 0.2) is 34.7 Å². The lowest BCUT2D eigenvalue weighted by molar-refractivity contribution is -0.181. The molecule has 3 aliphatic rings. The summed E-state index contributed by atoms with van der Waals surface area (Å²) in [7, 11) is 3.10. The highest BCUT2D eigenvalue weighted by molar-refractivity contribution is 6.32. The molecule has 164 valence electrons. The van der Waals surface area contributed by atoms with Gasteiger partial charge in [-0.05, 0) is 57.0 Å². The molecule has 31 heavy (non-hydrogen) atoms. The third kappa shape index (κ3) is 2.66. The number of phenols is 1. The van der Waals surface area contributed by atoms with Crippen molar-refractivity contribution in [3.05, 3.63) is 28.8 Å². The van der Waals surface area contributed by atoms with Crippen LogP contribution in [0.25, 0.3) is 0 Å². The van der Waals surface area contributed by atoms with E-state index in [-0.39, 0.29) is 24.2 Å². The van der Waals surface area contributed by atoms with Crippen molar-refractivity contribution >= 4 is 29.0 Å². The lowest BCUT2D eigenvalue weighted by atomic mass is 9.52. The minimum Gasteiger partial charge on any atom is -0.507 e. The van der Waals surface area contributed by atoms with Gasteiger partial charge >= 0.3 is 0 Å². The van der Waals surface area contributed by atoms with E-state index >= 15 is 0 Å². The van der Waals surface area contributed by atoms with Crippen LogP contribution >= 0.6 is 0 Å². The fourth-order valence-electron chi connectivity index (χ4n) is 5.76. The number of fused-ring (bicyclic) bond motifs is 3. The van der Waals surface area contributed by atoms with Gasteiger partial charge in [0.25, 0.3) is 0 Å². The Morgan fingerprint density at radius 1 is 1.16 bits per heavy atom. The van der Waals surface area contributed by atoms with Crippen LogP contribution in [0.3, 0.4) is 0 Å². The summed E-state index contributed by atoms with van der Waals surface area (Å²) in [5.41, 5.74) is 4.01. The first-order valence-electron chi connectivity index (χ1n) is 10.1. The molecule has 1 amide bonds. The molecule has 0 aromatic heterocycles.